The molecule has 0 unspecified atom stereocenters. The molecular weight excluding hydrogens is 426 g/mol. The maximum atomic E-state index is 12.7. The van der Waals surface area contributed by atoms with E-state index < -0.39 is 20.0 Å². The number of carbonyl (C=O) groups excluding carboxylic acids is 1. The summed E-state index contributed by atoms with van der Waals surface area (Å²) in [5, 5.41) is 2.72. The van der Waals surface area contributed by atoms with Crippen molar-refractivity contribution in [3.63, 3.8) is 0 Å². The van der Waals surface area contributed by atoms with Crippen molar-refractivity contribution in [2.45, 2.75) is 24.2 Å². The number of carbonyl (C=O) groups is 1. The van der Waals surface area contributed by atoms with E-state index in [0.717, 1.165) is 29.8 Å². The molecule has 2 aromatic rings. The van der Waals surface area contributed by atoms with Crippen LogP contribution in [0, 0.1) is 0 Å². The van der Waals surface area contributed by atoms with Crippen molar-refractivity contribution in [2.24, 2.45) is 0 Å². The van der Waals surface area contributed by atoms with Crippen LogP contribution in [0.3, 0.4) is 0 Å². The molecule has 8 nitrogen and oxygen atoms in total. The Morgan fingerprint density at radius 3 is 2.00 bits per heavy atom. The third-order valence-electron chi connectivity index (χ3n) is 5.06. The summed E-state index contributed by atoms with van der Waals surface area (Å²) in [6, 6.07) is 12.2. The first-order valence-electron chi connectivity index (χ1n) is 9.54. The first kappa shape index (κ1) is 22.3. The normalized spacial score (nSPS) is 15.5. The summed E-state index contributed by atoms with van der Waals surface area (Å²) in [4.78, 5) is 12.7. The molecule has 1 saturated heterocycles. The molecule has 3 rings (SSSR count). The van der Waals surface area contributed by atoms with Gasteiger partial charge in [0, 0.05) is 31.4 Å². The van der Waals surface area contributed by atoms with Gasteiger partial charge in [0.05, 0.1) is 16.8 Å². The Morgan fingerprint density at radius 2 is 1.47 bits per heavy atom. The van der Waals surface area contributed by atoms with E-state index in [1.165, 1.54) is 35.6 Å². The van der Waals surface area contributed by atoms with Gasteiger partial charge in [0.15, 0.2) is 0 Å². The lowest BCUT2D eigenvalue weighted by atomic mass is 10.2. The number of benzene rings is 2. The van der Waals surface area contributed by atoms with Crippen molar-refractivity contribution in [3.05, 3.63) is 54.1 Å². The second-order valence-corrected chi connectivity index (χ2v) is 11.2. The molecule has 0 aromatic heterocycles. The minimum Gasteiger partial charge on any atom is -0.322 e. The summed E-state index contributed by atoms with van der Waals surface area (Å²) >= 11 is 0. The molecule has 1 aliphatic rings. The first-order chi connectivity index (χ1) is 14.1. The van der Waals surface area contributed by atoms with Crippen LogP contribution in [-0.4, -0.2) is 53.4 Å². The van der Waals surface area contributed by atoms with Crippen molar-refractivity contribution in [3.8, 4) is 0 Å². The highest BCUT2D eigenvalue weighted by Gasteiger charge is 2.25. The number of nitrogens with zero attached hydrogens (tertiary/aromatic N) is 2. The van der Waals surface area contributed by atoms with Gasteiger partial charge in [-0.3, -0.25) is 9.10 Å². The lowest BCUT2D eigenvalue weighted by Gasteiger charge is -2.25. The standard InChI is InChI=1S/C20H25N3O5S2/c1-22(29(2,25)26)18-10-6-16(7-11-18)20(24)21-17-8-12-19(13-9-17)30(27,28)23-14-4-3-5-15-23/h6-13H,3-5,14-15H2,1-2H3,(H,21,24). The Bertz CT molecular complexity index is 1110. The smallest absolute Gasteiger partial charge is 0.255 e. The van der Waals surface area contributed by atoms with E-state index in [4.69, 9.17) is 0 Å². The molecule has 1 N–H and O–H groups in total. The topological polar surface area (TPSA) is 104 Å². The summed E-state index contributed by atoms with van der Waals surface area (Å²) in [6.07, 6.45) is 3.88. The zero-order valence-electron chi connectivity index (χ0n) is 16.9. The fraction of sp³-hybridized carbons (Fsp3) is 0.350. The molecule has 0 saturated carbocycles. The quantitative estimate of drug-likeness (QED) is 0.727. The van der Waals surface area contributed by atoms with Gasteiger partial charge in [0.2, 0.25) is 20.0 Å². The van der Waals surface area contributed by atoms with Crippen molar-refractivity contribution in [2.75, 3.05) is 36.0 Å². The predicted molar refractivity (Wildman–Crippen MR) is 117 cm³/mol. The molecule has 1 fully saturated rings. The molecule has 162 valence electrons. The van der Waals surface area contributed by atoms with Gasteiger partial charge in [-0.25, -0.2) is 16.8 Å². The lowest BCUT2D eigenvalue weighted by molar-refractivity contribution is 0.102. The minimum atomic E-state index is -3.52. The fourth-order valence-electron chi connectivity index (χ4n) is 3.18. The highest BCUT2D eigenvalue weighted by molar-refractivity contribution is 7.92. The second-order valence-electron chi connectivity index (χ2n) is 7.22. The first-order valence-corrected chi connectivity index (χ1v) is 12.8. The van der Waals surface area contributed by atoms with Crippen LogP contribution in [0.2, 0.25) is 0 Å². The van der Waals surface area contributed by atoms with Crippen molar-refractivity contribution in [1.29, 1.82) is 0 Å². The maximum absolute atomic E-state index is 12.7. The van der Waals surface area contributed by atoms with Gasteiger partial charge in [-0.15, -0.1) is 0 Å². The van der Waals surface area contributed by atoms with Crippen molar-refractivity contribution >= 4 is 37.3 Å². The summed E-state index contributed by atoms with van der Waals surface area (Å²) in [7, 11) is -5.46. The molecule has 0 atom stereocenters. The Labute approximate surface area is 177 Å². The third kappa shape index (κ3) is 5.00. The molecule has 30 heavy (non-hydrogen) atoms. The van der Waals surface area contributed by atoms with Crippen LogP contribution in [0.4, 0.5) is 11.4 Å². The zero-order chi connectivity index (χ0) is 21.9. The number of piperidine rings is 1. The van der Waals surface area contributed by atoms with Gasteiger partial charge in [-0.2, -0.15) is 4.31 Å². The van der Waals surface area contributed by atoms with Crippen LogP contribution in [-0.2, 0) is 20.0 Å². The number of nitrogens with one attached hydrogen (secondary N) is 1. The van der Waals surface area contributed by atoms with E-state index in [0.29, 0.717) is 30.0 Å². The summed E-state index contributed by atoms with van der Waals surface area (Å²) in [6.45, 7) is 1.07. The molecule has 2 aromatic carbocycles. The summed E-state index contributed by atoms with van der Waals surface area (Å²) in [5.41, 5.74) is 1.27. The summed E-state index contributed by atoms with van der Waals surface area (Å²) in [5.74, 6) is -0.379. The Hall–Kier alpha value is -2.43. The lowest BCUT2D eigenvalue weighted by Crippen LogP contribution is -2.35. The van der Waals surface area contributed by atoms with E-state index in [-0.39, 0.29) is 10.8 Å². The molecule has 1 amide bonds. The summed E-state index contributed by atoms with van der Waals surface area (Å²) < 4.78 is 51.2. The minimum absolute atomic E-state index is 0.204. The van der Waals surface area contributed by atoms with Gasteiger partial charge >= 0.3 is 0 Å². The largest absolute Gasteiger partial charge is 0.322 e. The second kappa shape index (κ2) is 8.75. The number of sulfonamides is 2. The number of anilines is 2. The average molecular weight is 452 g/mol. The van der Waals surface area contributed by atoms with Crippen LogP contribution < -0.4 is 9.62 Å². The van der Waals surface area contributed by atoms with Gasteiger partial charge < -0.3 is 5.32 Å². The molecule has 10 heteroatoms. The highest BCUT2D eigenvalue weighted by atomic mass is 32.2. The fourth-order valence-corrected chi connectivity index (χ4v) is 5.20. The molecule has 0 radical (unpaired) electrons. The van der Waals surface area contributed by atoms with E-state index in [1.54, 1.807) is 24.3 Å². The van der Waals surface area contributed by atoms with Crippen molar-refractivity contribution in [1.82, 2.24) is 4.31 Å². The van der Waals surface area contributed by atoms with Crippen molar-refractivity contribution < 1.29 is 21.6 Å². The van der Waals surface area contributed by atoms with Crippen LogP contribution in [0.15, 0.2) is 53.4 Å². The number of hydrogen-bond donors (Lipinski definition) is 1. The zero-order valence-corrected chi connectivity index (χ0v) is 18.5. The SMILES string of the molecule is CN(c1ccc(C(=O)Nc2ccc(S(=O)(=O)N3CCCCC3)cc2)cc1)S(C)(=O)=O. The molecule has 1 aliphatic heterocycles. The third-order valence-corrected chi connectivity index (χ3v) is 8.17. The Morgan fingerprint density at radius 1 is 0.900 bits per heavy atom. The molecule has 0 aliphatic carbocycles. The van der Waals surface area contributed by atoms with Crippen LogP contribution >= 0.6 is 0 Å². The van der Waals surface area contributed by atoms with Crippen LogP contribution in [0.1, 0.15) is 29.6 Å². The highest BCUT2D eigenvalue weighted by Crippen LogP contribution is 2.22. The van der Waals surface area contributed by atoms with Gasteiger partial charge in [0.25, 0.3) is 5.91 Å². The van der Waals surface area contributed by atoms with E-state index >= 15 is 0 Å². The van der Waals surface area contributed by atoms with Gasteiger partial charge in [0.1, 0.15) is 0 Å². The monoisotopic (exact) mass is 451 g/mol. The van der Waals surface area contributed by atoms with E-state index in [1.807, 2.05) is 0 Å². The average Bonchev–Trinajstić information content (AvgIpc) is 2.73. The number of amides is 1. The Balaban J connectivity index is 1.69. The van der Waals surface area contributed by atoms with Gasteiger partial charge in [-0.1, -0.05) is 6.42 Å². The molecule has 1 heterocycles. The maximum Gasteiger partial charge on any atom is 0.255 e. The van der Waals surface area contributed by atoms with Crippen LogP contribution in [0.5, 0.6) is 0 Å². The Kier molecular flexibility index (Phi) is 6.49. The number of hydrogen-bond acceptors (Lipinski definition) is 5. The number of rotatable bonds is 6. The molecule has 0 spiro atoms. The molecule has 0 bridgehead atoms. The van der Waals surface area contributed by atoms with Crippen LogP contribution in [0.25, 0.3) is 0 Å². The van der Waals surface area contributed by atoms with E-state index in [2.05, 4.69) is 5.32 Å². The van der Waals surface area contributed by atoms with E-state index in [9.17, 15) is 21.6 Å². The molecular formula is C20H25N3O5S2. The van der Waals surface area contributed by atoms with Gasteiger partial charge in [-0.05, 0) is 61.4 Å². The predicted octanol–water partition coefficient (Wildman–Crippen LogP) is 2.51.